The van der Waals surface area contributed by atoms with Gasteiger partial charge in [0.1, 0.15) is 0 Å². The van der Waals surface area contributed by atoms with Gasteiger partial charge in [0.2, 0.25) is 10.1 Å². The maximum absolute atomic E-state index is 12.2. The normalized spacial score (nSPS) is 11.8. The van der Waals surface area contributed by atoms with Gasteiger partial charge in [-0.2, -0.15) is 13.2 Å². The smallest absolute Gasteiger partial charge is 0.382 e. The summed E-state index contributed by atoms with van der Waals surface area (Å²) in [5, 5.41) is 8.28. The van der Waals surface area contributed by atoms with Crippen LogP contribution in [-0.4, -0.2) is 43.7 Å². The molecule has 0 aliphatic carbocycles. The molecule has 0 spiro atoms. The SMILES string of the molecule is COCCOCCNc1nnc(C(F)(F)F)s1. The molecule has 1 N–H and O–H groups in total. The van der Waals surface area contributed by atoms with Crippen LogP contribution in [0.25, 0.3) is 0 Å². The fraction of sp³-hybridized carbons (Fsp3) is 0.750. The maximum Gasteiger partial charge on any atom is 0.445 e. The molecule has 0 radical (unpaired) electrons. The van der Waals surface area contributed by atoms with Crippen LogP contribution in [0.4, 0.5) is 18.3 Å². The van der Waals surface area contributed by atoms with Gasteiger partial charge in [-0.3, -0.25) is 0 Å². The van der Waals surface area contributed by atoms with Crippen molar-refractivity contribution in [1.82, 2.24) is 10.2 Å². The molecule has 0 bridgehead atoms. The Hall–Kier alpha value is -0.930. The minimum absolute atomic E-state index is 0.132. The first-order valence-electron chi connectivity index (χ1n) is 4.75. The molecule has 0 aromatic carbocycles. The molecule has 0 aliphatic heterocycles. The Morgan fingerprint density at radius 2 is 2.00 bits per heavy atom. The van der Waals surface area contributed by atoms with Crippen LogP contribution in [-0.2, 0) is 15.7 Å². The zero-order valence-electron chi connectivity index (χ0n) is 9.08. The Kier molecular flexibility index (Phi) is 5.59. The first-order valence-corrected chi connectivity index (χ1v) is 5.57. The fourth-order valence-corrected chi connectivity index (χ4v) is 1.52. The van der Waals surface area contributed by atoms with E-state index in [1.165, 1.54) is 0 Å². The molecule has 1 aromatic rings. The molecular formula is C8H12F3N3O2S. The quantitative estimate of drug-likeness (QED) is 0.764. The molecule has 1 heterocycles. The van der Waals surface area contributed by atoms with E-state index in [0.717, 1.165) is 0 Å². The minimum atomic E-state index is -4.44. The second-order valence-electron chi connectivity index (χ2n) is 2.94. The second-order valence-corrected chi connectivity index (χ2v) is 3.92. The lowest BCUT2D eigenvalue weighted by atomic mass is 10.7. The predicted octanol–water partition coefficient (Wildman–Crippen LogP) is 1.63. The Bertz CT molecular complexity index is 332. The summed E-state index contributed by atoms with van der Waals surface area (Å²) in [4.78, 5) is 0. The van der Waals surface area contributed by atoms with Gasteiger partial charge in [-0.05, 0) is 0 Å². The molecule has 0 fully saturated rings. The van der Waals surface area contributed by atoms with E-state index >= 15 is 0 Å². The average molecular weight is 271 g/mol. The zero-order chi connectivity index (χ0) is 12.7. The van der Waals surface area contributed by atoms with Crippen LogP contribution in [0.1, 0.15) is 5.01 Å². The van der Waals surface area contributed by atoms with E-state index in [1.54, 1.807) is 7.11 Å². The van der Waals surface area contributed by atoms with Gasteiger partial charge in [0.25, 0.3) is 0 Å². The Labute approximate surface area is 99.9 Å². The molecule has 0 aliphatic rings. The van der Waals surface area contributed by atoms with Crippen LogP contribution < -0.4 is 5.32 Å². The van der Waals surface area contributed by atoms with Crippen molar-refractivity contribution in [3.63, 3.8) is 0 Å². The highest BCUT2D eigenvalue weighted by Gasteiger charge is 2.35. The van der Waals surface area contributed by atoms with Crippen LogP contribution in [0.2, 0.25) is 0 Å². The third-order valence-corrected chi connectivity index (χ3v) is 2.55. The van der Waals surface area contributed by atoms with Crippen molar-refractivity contribution in [2.45, 2.75) is 6.18 Å². The number of anilines is 1. The molecule has 5 nitrogen and oxygen atoms in total. The Morgan fingerprint density at radius 3 is 2.59 bits per heavy atom. The summed E-state index contributed by atoms with van der Waals surface area (Å²) in [5.74, 6) is 0. The first-order chi connectivity index (χ1) is 8.04. The van der Waals surface area contributed by atoms with Gasteiger partial charge in [0.05, 0.1) is 19.8 Å². The molecule has 98 valence electrons. The molecule has 0 atom stereocenters. The van der Waals surface area contributed by atoms with Crippen LogP contribution in [0.3, 0.4) is 0 Å². The average Bonchev–Trinajstić information content (AvgIpc) is 2.71. The van der Waals surface area contributed by atoms with E-state index in [9.17, 15) is 13.2 Å². The van der Waals surface area contributed by atoms with Crippen LogP contribution in [0.5, 0.6) is 0 Å². The van der Waals surface area contributed by atoms with Gasteiger partial charge in [-0.25, -0.2) is 0 Å². The lowest BCUT2D eigenvalue weighted by Gasteiger charge is -2.03. The van der Waals surface area contributed by atoms with Crippen LogP contribution in [0.15, 0.2) is 0 Å². The molecular weight excluding hydrogens is 259 g/mol. The monoisotopic (exact) mass is 271 g/mol. The summed E-state index contributed by atoms with van der Waals surface area (Å²) in [7, 11) is 1.56. The number of nitrogens with one attached hydrogen (secondary N) is 1. The number of rotatable bonds is 7. The number of hydrogen-bond acceptors (Lipinski definition) is 6. The molecule has 0 amide bonds. The third-order valence-electron chi connectivity index (χ3n) is 1.62. The van der Waals surface area contributed by atoms with Crippen molar-refractivity contribution in [2.24, 2.45) is 0 Å². The van der Waals surface area contributed by atoms with E-state index in [0.29, 0.717) is 37.7 Å². The lowest BCUT2D eigenvalue weighted by Crippen LogP contribution is -2.11. The first kappa shape index (κ1) is 14.1. The molecule has 0 unspecified atom stereocenters. The molecule has 0 saturated carbocycles. The van der Waals surface area contributed by atoms with E-state index in [4.69, 9.17) is 9.47 Å². The van der Waals surface area contributed by atoms with Crippen molar-refractivity contribution in [1.29, 1.82) is 0 Å². The zero-order valence-corrected chi connectivity index (χ0v) is 9.90. The van der Waals surface area contributed by atoms with Gasteiger partial charge in [-0.15, -0.1) is 10.2 Å². The van der Waals surface area contributed by atoms with E-state index in [-0.39, 0.29) is 5.13 Å². The summed E-state index contributed by atoms with van der Waals surface area (Å²) in [6, 6.07) is 0. The number of halogens is 3. The summed E-state index contributed by atoms with van der Waals surface area (Å²) in [6.45, 7) is 1.67. The van der Waals surface area contributed by atoms with Crippen molar-refractivity contribution < 1.29 is 22.6 Å². The standard InChI is InChI=1S/C8H12F3N3O2S/c1-15-4-5-16-3-2-12-7-14-13-6(17-7)8(9,10)11/h2-5H2,1H3,(H,12,14). The van der Waals surface area contributed by atoms with Crippen LogP contribution >= 0.6 is 11.3 Å². The highest BCUT2D eigenvalue weighted by atomic mass is 32.1. The Balaban J connectivity index is 2.21. The van der Waals surface area contributed by atoms with Crippen molar-refractivity contribution in [2.75, 3.05) is 38.8 Å². The van der Waals surface area contributed by atoms with Gasteiger partial charge in [0, 0.05) is 13.7 Å². The summed E-state index contributed by atoms with van der Waals surface area (Å²) in [6.07, 6.45) is -4.44. The van der Waals surface area contributed by atoms with Crippen molar-refractivity contribution in [3.8, 4) is 0 Å². The third kappa shape index (κ3) is 5.29. The predicted molar refractivity (Wildman–Crippen MR) is 56.1 cm³/mol. The number of nitrogens with zero attached hydrogens (tertiary/aromatic N) is 2. The number of alkyl halides is 3. The topological polar surface area (TPSA) is 56.3 Å². The van der Waals surface area contributed by atoms with E-state index < -0.39 is 11.2 Å². The number of methoxy groups -OCH3 is 1. The Morgan fingerprint density at radius 1 is 1.24 bits per heavy atom. The highest BCUT2D eigenvalue weighted by molar-refractivity contribution is 7.15. The molecule has 0 saturated heterocycles. The lowest BCUT2D eigenvalue weighted by molar-refractivity contribution is -0.138. The number of ether oxygens (including phenoxy) is 2. The maximum atomic E-state index is 12.2. The summed E-state index contributed by atoms with van der Waals surface area (Å²) < 4.78 is 46.4. The van der Waals surface area contributed by atoms with Crippen LogP contribution in [0, 0.1) is 0 Å². The summed E-state index contributed by atoms with van der Waals surface area (Å²) >= 11 is 0.470. The second kappa shape index (κ2) is 6.72. The summed E-state index contributed by atoms with van der Waals surface area (Å²) in [5.41, 5.74) is 0. The van der Waals surface area contributed by atoms with Crippen molar-refractivity contribution in [3.05, 3.63) is 5.01 Å². The molecule has 1 aromatic heterocycles. The van der Waals surface area contributed by atoms with Crippen molar-refractivity contribution >= 4 is 16.5 Å². The minimum Gasteiger partial charge on any atom is -0.382 e. The molecule has 9 heteroatoms. The highest BCUT2D eigenvalue weighted by Crippen LogP contribution is 2.32. The van der Waals surface area contributed by atoms with Gasteiger partial charge in [0.15, 0.2) is 0 Å². The largest absolute Gasteiger partial charge is 0.445 e. The van der Waals surface area contributed by atoms with E-state index in [1.807, 2.05) is 0 Å². The van der Waals surface area contributed by atoms with Gasteiger partial charge >= 0.3 is 6.18 Å². The molecule has 17 heavy (non-hydrogen) atoms. The van der Waals surface area contributed by atoms with Gasteiger partial charge in [-0.1, -0.05) is 11.3 Å². The molecule has 1 rings (SSSR count). The number of aromatic nitrogens is 2. The van der Waals surface area contributed by atoms with Gasteiger partial charge < -0.3 is 14.8 Å². The number of hydrogen-bond donors (Lipinski definition) is 1. The van der Waals surface area contributed by atoms with E-state index in [2.05, 4.69) is 15.5 Å². The fourth-order valence-electron chi connectivity index (χ4n) is 0.884.